The van der Waals surface area contributed by atoms with Crippen LogP contribution in [0.4, 0.5) is 0 Å². The zero-order chi connectivity index (χ0) is 10.1. The highest BCUT2D eigenvalue weighted by molar-refractivity contribution is 5.69. The third kappa shape index (κ3) is 7.49. The highest BCUT2D eigenvalue weighted by Crippen LogP contribution is 1.97. The van der Waals surface area contributed by atoms with Gasteiger partial charge in [-0.15, -0.1) is 6.58 Å². The van der Waals surface area contributed by atoms with Gasteiger partial charge in [0.15, 0.2) is 0 Å². The maximum absolute atomic E-state index is 10.7. The van der Waals surface area contributed by atoms with Crippen LogP contribution in [0, 0.1) is 0 Å². The molecule has 0 rings (SSSR count). The number of rotatable bonds is 7. The summed E-state index contributed by atoms with van der Waals surface area (Å²) < 4.78 is 4.44. The molecule has 0 aliphatic carbocycles. The summed E-state index contributed by atoms with van der Waals surface area (Å²) in [5, 5.41) is 12.3. The molecule has 0 aromatic carbocycles. The van der Waals surface area contributed by atoms with E-state index in [4.69, 9.17) is 0 Å². The molecule has 76 valence electrons. The van der Waals surface area contributed by atoms with Gasteiger partial charge in [-0.3, -0.25) is 4.79 Å². The van der Waals surface area contributed by atoms with Gasteiger partial charge in [-0.05, 0) is 6.42 Å². The largest absolute Gasteiger partial charge is 0.469 e. The van der Waals surface area contributed by atoms with E-state index < -0.39 is 6.10 Å². The second-order valence-electron chi connectivity index (χ2n) is 2.72. The van der Waals surface area contributed by atoms with E-state index in [1.807, 2.05) is 0 Å². The van der Waals surface area contributed by atoms with Crippen molar-refractivity contribution in [2.75, 3.05) is 20.2 Å². The van der Waals surface area contributed by atoms with Crippen LogP contribution in [-0.2, 0) is 9.53 Å². The number of hydrogen-bond acceptors (Lipinski definition) is 4. The van der Waals surface area contributed by atoms with Crippen LogP contribution in [0.1, 0.15) is 12.8 Å². The molecule has 0 aromatic heterocycles. The molecule has 13 heavy (non-hydrogen) atoms. The molecular formula is C9H17NO3. The van der Waals surface area contributed by atoms with Crippen LogP contribution in [0.25, 0.3) is 0 Å². The normalized spacial score (nSPS) is 12.2. The van der Waals surface area contributed by atoms with Crippen molar-refractivity contribution >= 4 is 5.97 Å². The fourth-order valence-corrected chi connectivity index (χ4v) is 0.841. The van der Waals surface area contributed by atoms with E-state index >= 15 is 0 Å². The van der Waals surface area contributed by atoms with E-state index in [0.717, 1.165) is 0 Å². The van der Waals surface area contributed by atoms with Crippen molar-refractivity contribution < 1.29 is 14.6 Å². The van der Waals surface area contributed by atoms with Gasteiger partial charge in [-0.2, -0.15) is 0 Å². The number of nitrogens with one attached hydrogen (secondary N) is 1. The number of esters is 1. The summed E-state index contributed by atoms with van der Waals surface area (Å²) in [6, 6.07) is 0. The Bertz CT molecular complexity index is 159. The number of carbonyl (C=O) groups excluding carboxylic acids is 1. The van der Waals surface area contributed by atoms with Crippen LogP contribution < -0.4 is 5.32 Å². The molecule has 0 heterocycles. The number of methoxy groups -OCH3 is 1. The first-order chi connectivity index (χ1) is 6.20. The van der Waals surface area contributed by atoms with Gasteiger partial charge in [0, 0.05) is 19.5 Å². The molecule has 1 atom stereocenters. The predicted octanol–water partition coefficient (Wildman–Crippen LogP) is 0.0761. The van der Waals surface area contributed by atoms with Gasteiger partial charge in [0.05, 0.1) is 13.2 Å². The van der Waals surface area contributed by atoms with Crippen LogP contribution in [0.5, 0.6) is 0 Å². The van der Waals surface area contributed by atoms with Crippen molar-refractivity contribution in [1.29, 1.82) is 0 Å². The zero-order valence-electron chi connectivity index (χ0n) is 7.95. The molecule has 4 heteroatoms. The predicted molar refractivity (Wildman–Crippen MR) is 50.3 cm³/mol. The van der Waals surface area contributed by atoms with E-state index in [2.05, 4.69) is 16.6 Å². The average molecular weight is 187 g/mol. The summed E-state index contributed by atoms with van der Waals surface area (Å²) in [6.07, 6.45) is 1.90. The minimum absolute atomic E-state index is 0.257. The summed E-state index contributed by atoms with van der Waals surface area (Å²) in [4.78, 5) is 10.7. The Labute approximate surface area is 78.6 Å². The third-order valence-electron chi connectivity index (χ3n) is 1.58. The first-order valence-electron chi connectivity index (χ1n) is 4.27. The molecule has 0 aromatic rings. The second kappa shape index (κ2) is 7.76. The van der Waals surface area contributed by atoms with E-state index in [9.17, 15) is 9.90 Å². The fourth-order valence-electron chi connectivity index (χ4n) is 0.841. The molecule has 0 radical (unpaired) electrons. The summed E-state index contributed by atoms with van der Waals surface area (Å²) in [5.74, 6) is -0.289. The van der Waals surface area contributed by atoms with Crippen LogP contribution in [0.2, 0.25) is 0 Å². The fraction of sp³-hybridized carbons (Fsp3) is 0.667. The highest BCUT2D eigenvalue weighted by Gasteiger charge is 2.06. The maximum atomic E-state index is 10.7. The molecule has 0 fully saturated rings. The minimum Gasteiger partial charge on any atom is -0.469 e. The van der Waals surface area contributed by atoms with Crippen molar-refractivity contribution in [3.8, 4) is 0 Å². The molecule has 0 bridgehead atoms. The molecular weight excluding hydrogens is 170 g/mol. The molecule has 4 nitrogen and oxygen atoms in total. The van der Waals surface area contributed by atoms with Gasteiger partial charge in [-0.1, -0.05) is 6.08 Å². The summed E-state index contributed by atoms with van der Waals surface area (Å²) in [7, 11) is 1.34. The Kier molecular flexibility index (Phi) is 7.24. The van der Waals surface area contributed by atoms with Gasteiger partial charge in [-0.25, -0.2) is 0 Å². The lowest BCUT2D eigenvalue weighted by Gasteiger charge is -2.09. The smallest absolute Gasteiger partial charge is 0.305 e. The Morgan fingerprint density at radius 2 is 2.46 bits per heavy atom. The van der Waals surface area contributed by atoms with Crippen LogP contribution >= 0.6 is 0 Å². The molecule has 2 N–H and O–H groups in total. The van der Waals surface area contributed by atoms with Gasteiger partial charge in [0.2, 0.25) is 0 Å². The Morgan fingerprint density at radius 3 is 3.00 bits per heavy atom. The van der Waals surface area contributed by atoms with E-state index in [1.165, 1.54) is 7.11 Å². The highest BCUT2D eigenvalue weighted by atomic mass is 16.5. The summed E-state index contributed by atoms with van der Waals surface area (Å²) in [6.45, 7) is 4.66. The number of hydrogen-bond donors (Lipinski definition) is 2. The standard InChI is InChI=1S/C9H17NO3/c1-3-6-10-7-8(11)4-5-9(12)13-2/h3,8,10-11H,1,4-7H2,2H3. The van der Waals surface area contributed by atoms with Crippen LogP contribution in [0.3, 0.4) is 0 Å². The topological polar surface area (TPSA) is 58.6 Å². The van der Waals surface area contributed by atoms with Crippen molar-refractivity contribution in [3.63, 3.8) is 0 Å². The Hall–Kier alpha value is -0.870. The van der Waals surface area contributed by atoms with Gasteiger partial charge >= 0.3 is 5.97 Å². The lowest BCUT2D eigenvalue weighted by Crippen LogP contribution is -2.27. The molecule has 0 spiro atoms. The first kappa shape index (κ1) is 12.1. The summed E-state index contributed by atoms with van der Waals surface area (Å²) >= 11 is 0. The monoisotopic (exact) mass is 187 g/mol. The van der Waals surface area contributed by atoms with Crippen molar-refractivity contribution in [2.45, 2.75) is 18.9 Å². The number of aliphatic hydroxyl groups is 1. The van der Waals surface area contributed by atoms with Gasteiger partial charge in [0.1, 0.15) is 0 Å². The van der Waals surface area contributed by atoms with Crippen molar-refractivity contribution in [1.82, 2.24) is 5.32 Å². The molecule has 0 aliphatic heterocycles. The number of aliphatic hydroxyl groups excluding tert-OH is 1. The van der Waals surface area contributed by atoms with Gasteiger partial charge in [0.25, 0.3) is 0 Å². The van der Waals surface area contributed by atoms with E-state index in [0.29, 0.717) is 19.5 Å². The minimum atomic E-state index is -0.501. The van der Waals surface area contributed by atoms with E-state index in [-0.39, 0.29) is 12.4 Å². The van der Waals surface area contributed by atoms with Crippen molar-refractivity contribution in [2.24, 2.45) is 0 Å². The second-order valence-corrected chi connectivity index (χ2v) is 2.72. The average Bonchev–Trinajstić information content (AvgIpc) is 2.14. The third-order valence-corrected chi connectivity index (χ3v) is 1.58. The maximum Gasteiger partial charge on any atom is 0.305 e. The lowest BCUT2D eigenvalue weighted by molar-refractivity contribution is -0.141. The Balaban J connectivity index is 3.34. The summed E-state index contributed by atoms with van der Waals surface area (Å²) in [5.41, 5.74) is 0. The van der Waals surface area contributed by atoms with Gasteiger partial charge < -0.3 is 15.2 Å². The van der Waals surface area contributed by atoms with Crippen LogP contribution in [-0.4, -0.2) is 37.4 Å². The molecule has 0 amide bonds. The number of carbonyl (C=O) groups is 1. The first-order valence-corrected chi connectivity index (χ1v) is 4.27. The van der Waals surface area contributed by atoms with Crippen molar-refractivity contribution in [3.05, 3.63) is 12.7 Å². The molecule has 0 aliphatic rings. The van der Waals surface area contributed by atoms with Crippen LogP contribution in [0.15, 0.2) is 12.7 Å². The Morgan fingerprint density at radius 1 is 1.77 bits per heavy atom. The SMILES string of the molecule is C=CCNCC(O)CCC(=O)OC. The quantitative estimate of drug-likeness (QED) is 0.336. The zero-order valence-corrected chi connectivity index (χ0v) is 7.95. The molecule has 0 saturated carbocycles. The lowest BCUT2D eigenvalue weighted by atomic mass is 10.2. The van der Waals surface area contributed by atoms with E-state index in [1.54, 1.807) is 6.08 Å². The number of ether oxygens (including phenoxy) is 1. The molecule has 1 unspecified atom stereocenters. The molecule has 0 saturated heterocycles.